The van der Waals surface area contributed by atoms with Crippen molar-refractivity contribution >= 4 is 39.9 Å². The molecule has 0 aliphatic carbocycles. The quantitative estimate of drug-likeness (QED) is 0.799. The van der Waals surface area contributed by atoms with Crippen LogP contribution in [0.2, 0.25) is 0 Å². The normalized spacial score (nSPS) is 13.2. The molecule has 0 atom stereocenters. The van der Waals surface area contributed by atoms with Crippen LogP contribution in [0.5, 0.6) is 0 Å². The molecule has 122 valence electrons. The Morgan fingerprint density at radius 1 is 1.17 bits per heavy atom. The number of nitrogens with zero attached hydrogens (tertiary/aromatic N) is 1. The van der Waals surface area contributed by atoms with Crippen LogP contribution in [0, 0.1) is 0 Å². The van der Waals surface area contributed by atoms with Crippen LogP contribution in [0.1, 0.15) is 23.1 Å². The summed E-state index contributed by atoms with van der Waals surface area (Å²) in [6.45, 7) is 1.49. The van der Waals surface area contributed by atoms with Gasteiger partial charge in [-0.05, 0) is 41.7 Å². The van der Waals surface area contributed by atoms with Crippen LogP contribution in [-0.4, -0.2) is 17.4 Å². The van der Waals surface area contributed by atoms with Crippen molar-refractivity contribution in [2.45, 2.75) is 25.8 Å². The molecule has 0 bridgehead atoms. The molecule has 3 rings (SSSR count). The van der Waals surface area contributed by atoms with Crippen LogP contribution in [0.3, 0.4) is 0 Å². The van der Waals surface area contributed by atoms with Crippen molar-refractivity contribution in [3.63, 3.8) is 0 Å². The van der Waals surface area contributed by atoms with Gasteiger partial charge in [-0.25, -0.2) is 0 Å². The number of carbonyl (C=O) groups is 1. The number of nitrogens with two attached hydrogens (primary N) is 1. The maximum atomic E-state index is 12.5. The number of anilines is 1. The molecule has 2 aromatic carbocycles. The van der Waals surface area contributed by atoms with E-state index < -0.39 is 0 Å². The Labute approximate surface area is 151 Å². The van der Waals surface area contributed by atoms with Crippen molar-refractivity contribution in [1.82, 2.24) is 4.90 Å². The third-order valence-corrected chi connectivity index (χ3v) is 4.97. The zero-order chi connectivity index (χ0) is 15.5. The summed E-state index contributed by atoms with van der Waals surface area (Å²) in [5, 5.41) is 0. The number of rotatable bonds is 3. The SMILES string of the molecule is Cl.Nc1ccccc1CCC(=O)N1CCc2cccc(Br)c2C1. The fourth-order valence-electron chi connectivity index (χ4n) is 2.91. The van der Waals surface area contributed by atoms with E-state index in [9.17, 15) is 4.79 Å². The molecule has 0 unspecified atom stereocenters. The van der Waals surface area contributed by atoms with Gasteiger partial charge < -0.3 is 10.6 Å². The first kappa shape index (κ1) is 17.8. The number of hydrogen-bond acceptors (Lipinski definition) is 2. The highest BCUT2D eigenvalue weighted by atomic mass is 79.9. The highest BCUT2D eigenvalue weighted by Gasteiger charge is 2.21. The Balaban J connectivity index is 0.00000192. The largest absolute Gasteiger partial charge is 0.399 e. The average molecular weight is 396 g/mol. The van der Waals surface area contributed by atoms with Gasteiger partial charge >= 0.3 is 0 Å². The van der Waals surface area contributed by atoms with Crippen LogP contribution < -0.4 is 5.73 Å². The predicted octanol–water partition coefficient (Wildman–Crippen LogP) is 3.97. The van der Waals surface area contributed by atoms with Crippen LogP contribution in [0.4, 0.5) is 5.69 Å². The number of carbonyl (C=O) groups excluding carboxylic acids is 1. The van der Waals surface area contributed by atoms with Crippen LogP contribution >= 0.6 is 28.3 Å². The van der Waals surface area contributed by atoms with Gasteiger partial charge in [0.1, 0.15) is 0 Å². The van der Waals surface area contributed by atoms with Crippen molar-refractivity contribution in [1.29, 1.82) is 0 Å². The van der Waals surface area contributed by atoms with E-state index >= 15 is 0 Å². The number of benzene rings is 2. The monoisotopic (exact) mass is 394 g/mol. The summed E-state index contributed by atoms with van der Waals surface area (Å²) in [5.41, 5.74) is 10.3. The number of nitrogen functional groups attached to an aromatic ring is 1. The molecule has 2 aromatic rings. The number of amides is 1. The number of para-hydroxylation sites is 1. The summed E-state index contributed by atoms with van der Waals surface area (Å²) < 4.78 is 1.09. The molecular weight excluding hydrogens is 376 g/mol. The first-order valence-electron chi connectivity index (χ1n) is 7.52. The summed E-state index contributed by atoms with van der Waals surface area (Å²) in [5.74, 6) is 0.199. The zero-order valence-corrected chi connectivity index (χ0v) is 15.2. The maximum Gasteiger partial charge on any atom is 0.223 e. The first-order chi connectivity index (χ1) is 10.6. The molecule has 3 nitrogen and oxygen atoms in total. The maximum absolute atomic E-state index is 12.5. The Morgan fingerprint density at radius 3 is 2.74 bits per heavy atom. The van der Waals surface area contributed by atoms with Gasteiger partial charge in [-0.3, -0.25) is 4.79 Å². The minimum atomic E-state index is 0. The summed E-state index contributed by atoms with van der Waals surface area (Å²) in [4.78, 5) is 14.4. The first-order valence-corrected chi connectivity index (χ1v) is 8.32. The van der Waals surface area contributed by atoms with Crippen LogP contribution in [-0.2, 0) is 24.2 Å². The lowest BCUT2D eigenvalue weighted by molar-refractivity contribution is -0.132. The Bertz CT molecular complexity index is 705. The lowest BCUT2D eigenvalue weighted by Crippen LogP contribution is -2.36. The lowest BCUT2D eigenvalue weighted by Gasteiger charge is -2.29. The number of fused-ring (bicyclic) bond motifs is 1. The van der Waals surface area contributed by atoms with Crippen molar-refractivity contribution in [2.24, 2.45) is 0 Å². The van der Waals surface area contributed by atoms with E-state index in [4.69, 9.17) is 5.73 Å². The minimum absolute atomic E-state index is 0. The van der Waals surface area contributed by atoms with Gasteiger partial charge in [0, 0.05) is 29.7 Å². The second kappa shape index (κ2) is 7.84. The Hall–Kier alpha value is -1.52. The molecular formula is C18H20BrClN2O. The molecule has 0 fully saturated rings. The molecule has 1 aliphatic heterocycles. The molecule has 0 saturated carbocycles. The van der Waals surface area contributed by atoms with Gasteiger partial charge in [0.2, 0.25) is 5.91 Å². The molecule has 0 saturated heterocycles. The fraction of sp³-hybridized carbons (Fsp3) is 0.278. The second-order valence-electron chi connectivity index (χ2n) is 5.64. The highest BCUT2D eigenvalue weighted by Crippen LogP contribution is 2.27. The topological polar surface area (TPSA) is 46.3 Å². The van der Waals surface area contributed by atoms with Crippen molar-refractivity contribution < 1.29 is 4.79 Å². The Kier molecular flexibility index (Phi) is 6.08. The number of aryl methyl sites for hydroxylation is 1. The van der Waals surface area contributed by atoms with Crippen LogP contribution in [0.25, 0.3) is 0 Å². The second-order valence-corrected chi connectivity index (χ2v) is 6.50. The molecule has 2 N–H and O–H groups in total. The van der Waals surface area contributed by atoms with E-state index in [1.54, 1.807) is 0 Å². The van der Waals surface area contributed by atoms with Gasteiger partial charge in [0.25, 0.3) is 0 Å². The Morgan fingerprint density at radius 2 is 1.96 bits per heavy atom. The molecule has 0 radical (unpaired) electrons. The van der Waals surface area contributed by atoms with E-state index in [1.165, 1.54) is 11.1 Å². The van der Waals surface area contributed by atoms with E-state index in [1.807, 2.05) is 35.2 Å². The van der Waals surface area contributed by atoms with Crippen LogP contribution in [0.15, 0.2) is 46.9 Å². The van der Waals surface area contributed by atoms with Gasteiger partial charge in [-0.1, -0.05) is 46.3 Å². The standard InChI is InChI=1S/C18H19BrN2O.ClH/c19-16-6-3-5-13-10-11-21(12-15(13)16)18(22)9-8-14-4-1-2-7-17(14)20;/h1-7H,8-12,20H2;1H. The van der Waals surface area contributed by atoms with E-state index in [2.05, 4.69) is 28.1 Å². The predicted molar refractivity (Wildman–Crippen MR) is 99.7 cm³/mol. The summed E-state index contributed by atoms with van der Waals surface area (Å²) in [7, 11) is 0. The lowest BCUT2D eigenvalue weighted by atomic mass is 9.99. The molecule has 1 heterocycles. The fourth-order valence-corrected chi connectivity index (χ4v) is 3.45. The van der Waals surface area contributed by atoms with E-state index in [0.717, 1.165) is 28.7 Å². The molecule has 23 heavy (non-hydrogen) atoms. The molecule has 1 aliphatic rings. The summed E-state index contributed by atoms with van der Waals surface area (Å²) in [6.07, 6.45) is 2.13. The summed E-state index contributed by atoms with van der Waals surface area (Å²) in [6, 6.07) is 14.0. The highest BCUT2D eigenvalue weighted by molar-refractivity contribution is 9.10. The molecule has 1 amide bonds. The van der Waals surface area contributed by atoms with Gasteiger partial charge in [-0.15, -0.1) is 12.4 Å². The third-order valence-electron chi connectivity index (χ3n) is 4.23. The van der Waals surface area contributed by atoms with Crippen molar-refractivity contribution in [3.8, 4) is 0 Å². The molecule has 5 heteroatoms. The van der Waals surface area contributed by atoms with Crippen molar-refractivity contribution in [2.75, 3.05) is 12.3 Å². The average Bonchev–Trinajstić information content (AvgIpc) is 2.54. The third kappa shape index (κ3) is 4.06. The van der Waals surface area contributed by atoms with Crippen molar-refractivity contribution in [3.05, 3.63) is 63.6 Å². The zero-order valence-electron chi connectivity index (χ0n) is 12.8. The van der Waals surface area contributed by atoms with E-state index in [-0.39, 0.29) is 18.3 Å². The summed E-state index contributed by atoms with van der Waals surface area (Å²) >= 11 is 3.59. The van der Waals surface area contributed by atoms with E-state index in [0.29, 0.717) is 19.4 Å². The molecule has 0 aromatic heterocycles. The smallest absolute Gasteiger partial charge is 0.223 e. The number of halogens is 2. The number of hydrogen-bond donors (Lipinski definition) is 1. The molecule has 0 spiro atoms. The minimum Gasteiger partial charge on any atom is -0.399 e. The van der Waals surface area contributed by atoms with Gasteiger partial charge in [0.15, 0.2) is 0 Å². The van der Waals surface area contributed by atoms with Gasteiger partial charge in [-0.2, -0.15) is 0 Å². The van der Waals surface area contributed by atoms with Gasteiger partial charge in [0.05, 0.1) is 0 Å².